The maximum atomic E-state index is 13.1. The molecule has 0 saturated heterocycles. The highest BCUT2D eigenvalue weighted by Gasteiger charge is 2.33. The zero-order chi connectivity index (χ0) is 17.9. The van der Waals surface area contributed by atoms with E-state index in [9.17, 15) is 13.2 Å². The van der Waals surface area contributed by atoms with Gasteiger partial charge >= 0.3 is 6.18 Å². The molecule has 0 bridgehead atoms. The number of anilines is 3. The van der Waals surface area contributed by atoms with Gasteiger partial charge in [0.05, 0.1) is 17.4 Å². The van der Waals surface area contributed by atoms with Crippen LogP contribution in [-0.4, -0.2) is 15.0 Å². The van der Waals surface area contributed by atoms with Crippen LogP contribution in [0.1, 0.15) is 5.56 Å². The normalized spacial score (nSPS) is 11.2. The lowest BCUT2D eigenvalue weighted by Gasteiger charge is -2.15. The van der Waals surface area contributed by atoms with Crippen molar-refractivity contribution in [2.24, 2.45) is 0 Å². The summed E-state index contributed by atoms with van der Waals surface area (Å²) in [6.45, 7) is 0. The smallest absolute Gasteiger partial charge is 0.418 e. The molecule has 0 aliphatic heterocycles. The van der Waals surface area contributed by atoms with Crippen LogP contribution >= 0.6 is 0 Å². The van der Waals surface area contributed by atoms with Gasteiger partial charge in [-0.3, -0.25) is 4.98 Å². The van der Waals surface area contributed by atoms with Crippen LogP contribution in [0.3, 0.4) is 0 Å². The van der Waals surface area contributed by atoms with Crippen molar-refractivity contribution in [3.63, 3.8) is 0 Å². The number of nitrogens with two attached hydrogens (primary N) is 1. The number of para-hydroxylation sites is 1. The average Bonchev–Trinajstić information content (AvgIpc) is 2.59. The number of aromatic nitrogens is 3. The molecular formula is C16H12F3N5O. The van der Waals surface area contributed by atoms with Crippen molar-refractivity contribution in [1.29, 1.82) is 0 Å². The Morgan fingerprint density at radius 2 is 1.84 bits per heavy atom. The molecule has 2 aromatic heterocycles. The molecule has 0 spiro atoms. The number of rotatable bonds is 4. The van der Waals surface area contributed by atoms with Gasteiger partial charge in [0.2, 0.25) is 5.88 Å². The summed E-state index contributed by atoms with van der Waals surface area (Å²) in [7, 11) is 0. The van der Waals surface area contributed by atoms with Gasteiger partial charge in [0.25, 0.3) is 0 Å². The van der Waals surface area contributed by atoms with Gasteiger partial charge in [-0.2, -0.15) is 18.2 Å². The van der Waals surface area contributed by atoms with Crippen LogP contribution in [-0.2, 0) is 6.18 Å². The first-order chi connectivity index (χ1) is 11.9. The molecular weight excluding hydrogens is 335 g/mol. The van der Waals surface area contributed by atoms with E-state index in [4.69, 9.17) is 10.5 Å². The van der Waals surface area contributed by atoms with E-state index < -0.39 is 11.7 Å². The van der Waals surface area contributed by atoms with Crippen molar-refractivity contribution in [1.82, 2.24) is 15.0 Å². The van der Waals surface area contributed by atoms with E-state index in [1.807, 2.05) is 0 Å². The topological polar surface area (TPSA) is 86.0 Å². The van der Waals surface area contributed by atoms with Crippen LogP contribution in [0.2, 0.25) is 0 Å². The number of alkyl halides is 3. The van der Waals surface area contributed by atoms with E-state index in [2.05, 4.69) is 20.3 Å². The largest absolute Gasteiger partial charge is 0.435 e. The molecule has 0 fully saturated rings. The molecule has 9 heteroatoms. The molecule has 0 aliphatic carbocycles. The van der Waals surface area contributed by atoms with Crippen LogP contribution in [0.4, 0.5) is 30.4 Å². The molecule has 0 saturated carbocycles. The Labute approximate surface area is 140 Å². The molecule has 128 valence electrons. The van der Waals surface area contributed by atoms with Gasteiger partial charge in [0.1, 0.15) is 17.8 Å². The summed E-state index contributed by atoms with van der Waals surface area (Å²) in [5.41, 5.74) is 4.90. The summed E-state index contributed by atoms with van der Waals surface area (Å²) >= 11 is 0. The lowest BCUT2D eigenvalue weighted by Crippen LogP contribution is -2.10. The second kappa shape index (κ2) is 6.63. The Bertz CT molecular complexity index is 871. The fourth-order valence-corrected chi connectivity index (χ4v) is 2.05. The number of hydrogen-bond acceptors (Lipinski definition) is 6. The predicted octanol–water partition coefficient (Wildman–Crippen LogP) is 4.01. The van der Waals surface area contributed by atoms with Crippen molar-refractivity contribution in [3.05, 3.63) is 60.7 Å². The number of nitrogen functional groups attached to an aromatic ring is 1. The van der Waals surface area contributed by atoms with E-state index in [-0.39, 0.29) is 23.1 Å². The van der Waals surface area contributed by atoms with E-state index in [1.54, 1.807) is 18.3 Å². The number of halogens is 3. The Balaban J connectivity index is 1.91. The number of hydrogen-bond donors (Lipinski definition) is 2. The van der Waals surface area contributed by atoms with E-state index in [0.717, 1.165) is 12.4 Å². The van der Waals surface area contributed by atoms with Crippen molar-refractivity contribution >= 4 is 17.2 Å². The Hall–Kier alpha value is -3.36. The lowest BCUT2D eigenvalue weighted by atomic mass is 10.1. The summed E-state index contributed by atoms with van der Waals surface area (Å²) in [6, 6.07) is 8.32. The highest BCUT2D eigenvalue weighted by molar-refractivity contribution is 5.73. The predicted molar refractivity (Wildman–Crippen MR) is 85.5 cm³/mol. The van der Waals surface area contributed by atoms with Crippen LogP contribution in [0, 0.1) is 0 Å². The molecule has 0 atom stereocenters. The van der Waals surface area contributed by atoms with Crippen molar-refractivity contribution in [3.8, 4) is 11.6 Å². The molecule has 3 N–H and O–H groups in total. The molecule has 0 amide bonds. The molecule has 0 aliphatic rings. The first kappa shape index (κ1) is 16.5. The first-order valence-electron chi connectivity index (χ1n) is 7.07. The lowest BCUT2D eigenvalue weighted by molar-refractivity contribution is -0.136. The second-order valence-corrected chi connectivity index (χ2v) is 4.90. The zero-order valence-corrected chi connectivity index (χ0v) is 12.7. The minimum Gasteiger partial charge on any atom is -0.435 e. The third-order valence-corrected chi connectivity index (χ3v) is 3.18. The van der Waals surface area contributed by atoms with Gasteiger partial charge in [-0.1, -0.05) is 12.1 Å². The van der Waals surface area contributed by atoms with Crippen molar-refractivity contribution in [2.75, 3.05) is 11.1 Å². The third-order valence-electron chi connectivity index (χ3n) is 3.18. The monoisotopic (exact) mass is 347 g/mol. The SMILES string of the molecule is Nc1c(Nc2ccccc2C(F)(F)F)ncnc1Oc1cccnc1. The summed E-state index contributed by atoms with van der Waals surface area (Å²) in [4.78, 5) is 11.7. The van der Waals surface area contributed by atoms with Crippen LogP contribution in [0.5, 0.6) is 11.6 Å². The summed E-state index contributed by atoms with van der Waals surface area (Å²) in [5.74, 6) is 0.398. The molecule has 3 aromatic rings. The molecule has 25 heavy (non-hydrogen) atoms. The Morgan fingerprint density at radius 3 is 2.56 bits per heavy atom. The van der Waals surface area contributed by atoms with Crippen LogP contribution in [0.25, 0.3) is 0 Å². The standard InChI is InChI=1S/C16H12F3N5O/c17-16(18,19)11-5-1-2-6-12(11)24-14-13(20)15(23-9-22-14)25-10-4-3-7-21-8-10/h1-9H,20H2,(H,22,23,24). The van der Waals surface area contributed by atoms with E-state index in [1.165, 1.54) is 24.4 Å². The summed E-state index contributed by atoms with van der Waals surface area (Å²) in [6.07, 6.45) is -0.355. The minimum atomic E-state index is -4.51. The first-order valence-corrected chi connectivity index (χ1v) is 7.07. The Kier molecular flexibility index (Phi) is 4.38. The second-order valence-electron chi connectivity index (χ2n) is 4.90. The minimum absolute atomic E-state index is 0.00518. The molecule has 0 radical (unpaired) electrons. The molecule has 0 unspecified atom stereocenters. The fourth-order valence-electron chi connectivity index (χ4n) is 2.05. The van der Waals surface area contributed by atoms with Gasteiger partial charge in [-0.15, -0.1) is 0 Å². The third kappa shape index (κ3) is 3.77. The maximum Gasteiger partial charge on any atom is 0.418 e. The number of pyridine rings is 1. The Morgan fingerprint density at radius 1 is 1.04 bits per heavy atom. The molecule has 1 aromatic carbocycles. The fraction of sp³-hybridized carbons (Fsp3) is 0.0625. The van der Waals surface area contributed by atoms with Gasteiger partial charge in [-0.05, 0) is 24.3 Å². The maximum absolute atomic E-state index is 13.1. The highest BCUT2D eigenvalue weighted by atomic mass is 19.4. The van der Waals surface area contributed by atoms with Crippen LogP contribution < -0.4 is 15.8 Å². The van der Waals surface area contributed by atoms with Gasteiger partial charge < -0.3 is 15.8 Å². The van der Waals surface area contributed by atoms with E-state index in [0.29, 0.717) is 5.75 Å². The van der Waals surface area contributed by atoms with E-state index >= 15 is 0 Å². The molecule has 3 rings (SSSR count). The molecule has 6 nitrogen and oxygen atoms in total. The molecule has 2 heterocycles. The van der Waals surface area contributed by atoms with Gasteiger partial charge in [0, 0.05) is 6.20 Å². The number of nitrogens with one attached hydrogen (secondary N) is 1. The van der Waals surface area contributed by atoms with Crippen LogP contribution in [0.15, 0.2) is 55.1 Å². The van der Waals surface area contributed by atoms with Gasteiger partial charge in [-0.25, -0.2) is 4.98 Å². The summed E-state index contributed by atoms with van der Waals surface area (Å²) in [5, 5.41) is 2.58. The number of ether oxygens (including phenoxy) is 1. The summed E-state index contributed by atoms with van der Waals surface area (Å²) < 4.78 is 44.7. The van der Waals surface area contributed by atoms with Crippen molar-refractivity contribution < 1.29 is 17.9 Å². The average molecular weight is 347 g/mol. The quantitative estimate of drug-likeness (QED) is 0.742. The highest BCUT2D eigenvalue weighted by Crippen LogP contribution is 2.37. The zero-order valence-electron chi connectivity index (χ0n) is 12.7. The number of benzene rings is 1. The van der Waals surface area contributed by atoms with Crippen molar-refractivity contribution in [2.45, 2.75) is 6.18 Å². The number of nitrogens with zero attached hydrogens (tertiary/aromatic N) is 3. The van der Waals surface area contributed by atoms with Gasteiger partial charge in [0.15, 0.2) is 5.82 Å².